The maximum absolute atomic E-state index is 5.37. The molecule has 0 aromatic carbocycles. The van der Waals surface area contributed by atoms with Crippen molar-refractivity contribution in [2.75, 3.05) is 39.4 Å². The fraction of sp³-hybridized carbons (Fsp3) is 1.00. The summed E-state index contributed by atoms with van der Waals surface area (Å²) in [6, 6.07) is 0.705. The molecule has 0 aromatic rings. The Bertz CT molecular complexity index is 196. The lowest BCUT2D eigenvalue weighted by atomic mass is 9.94. The van der Waals surface area contributed by atoms with Gasteiger partial charge in [0.05, 0.1) is 0 Å². The van der Waals surface area contributed by atoms with E-state index in [0.29, 0.717) is 6.04 Å². The monoisotopic (exact) mass is 240 g/mol. The smallest absolute Gasteiger partial charge is 0.0480 e. The Labute approximate surface area is 106 Å². The highest BCUT2D eigenvalue weighted by molar-refractivity contribution is 4.74. The fourth-order valence-corrected chi connectivity index (χ4v) is 2.95. The molecular weight excluding hydrogens is 212 g/mol. The van der Waals surface area contributed by atoms with Crippen LogP contribution in [0.3, 0.4) is 0 Å². The summed E-state index contributed by atoms with van der Waals surface area (Å²) in [6.07, 6.45) is 6.57. The number of ether oxygens (including phenoxy) is 1. The van der Waals surface area contributed by atoms with Gasteiger partial charge < -0.3 is 15.0 Å². The predicted octanol–water partition coefficient (Wildman–Crippen LogP) is 1.88. The highest BCUT2D eigenvalue weighted by Crippen LogP contribution is 2.19. The summed E-state index contributed by atoms with van der Waals surface area (Å²) in [6.45, 7) is 9.23. The molecule has 0 unspecified atom stereocenters. The van der Waals surface area contributed by atoms with Crippen molar-refractivity contribution in [1.82, 2.24) is 10.2 Å². The number of piperidine rings is 1. The van der Waals surface area contributed by atoms with Crippen LogP contribution in [0.25, 0.3) is 0 Å². The molecule has 100 valence electrons. The maximum Gasteiger partial charge on any atom is 0.0480 e. The first-order valence-corrected chi connectivity index (χ1v) is 7.42. The van der Waals surface area contributed by atoms with Crippen molar-refractivity contribution in [2.45, 2.75) is 45.1 Å². The van der Waals surface area contributed by atoms with Crippen LogP contribution in [0.5, 0.6) is 0 Å². The Hall–Kier alpha value is -0.120. The Morgan fingerprint density at radius 3 is 2.47 bits per heavy atom. The Kier molecular flexibility index (Phi) is 5.75. The second-order valence-corrected chi connectivity index (χ2v) is 5.53. The van der Waals surface area contributed by atoms with Crippen LogP contribution >= 0.6 is 0 Å². The highest BCUT2D eigenvalue weighted by Gasteiger charge is 2.18. The van der Waals surface area contributed by atoms with Crippen LogP contribution in [-0.2, 0) is 4.74 Å². The average molecular weight is 240 g/mol. The molecule has 2 rings (SSSR count). The lowest BCUT2D eigenvalue weighted by Crippen LogP contribution is -2.42. The van der Waals surface area contributed by atoms with Gasteiger partial charge >= 0.3 is 0 Å². The molecule has 1 N–H and O–H groups in total. The van der Waals surface area contributed by atoms with Crippen LogP contribution in [0.2, 0.25) is 0 Å². The molecule has 17 heavy (non-hydrogen) atoms. The van der Waals surface area contributed by atoms with Gasteiger partial charge in [-0.1, -0.05) is 13.3 Å². The van der Waals surface area contributed by atoms with Gasteiger partial charge in [0, 0.05) is 32.3 Å². The number of nitrogens with zero attached hydrogens (tertiary/aromatic N) is 1. The van der Waals surface area contributed by atoms with Gasteiger partial charge in [-0.25, -0.2) is 0 Å². The third kappa shape index (κ3) is 4.57. The van der Waals surface area contributed by atoms with Crippen molar-refractivity contribution in [3.05, 3.63) is 0 Å². The van der Waals surface area contributed by atoms with Crippen molar-refractivity contribution >= 4 is 0 Å². The lowest BCUT2D eigenvalue weighted by molar-refractivity contribution is 0.0766. The van der Waals surface area contributed by atoms with Crippen LogP contribution in [0, 0.1) is 5.92 Å². The van der Waals surface area contributed by atoms with Gasteiger partial charge in [0.1, 0.15) is 0 Å². The third-order valence-electron chi connectivity index (χ3n) is 4.37. The SMILES string of the molecule is CCC1CCN(CCNC2CCOCC2)CC1. The molecule has 0 spiro atoms. The topological polar surface area (TPSA) is 24.5 Å². The summed E-state index contributed by atoms with van der Waals surface area (Å²) in [5.41, 5.74) is 0. The molecule has 0 radical (unpaired) electrons. The second-order valence-electron chi connectivity index (χ2n) is 5.53. The van der Waals surface area contributed by atoms with Gasteiger partial charge in [-0.3, -0.25) is 0 Å². The van der Waals surface area contributed by atoms with E-state index in [-0.39, 0.29) is 0 Å². The third-order valence-corrected chi connectivity index (χ3v) is 4.37. The van der Waals surface area contributed by atoms with E-state index in [1.165, 1.54) is 51.7 Å². The maximum atomic E-state index is 5.37. The Morgan fingerprint density at radius 2 is 1.82 bits per heavy atom. The second kappa shape index (κ2) is 7.34. The van der Waals surface area contributed by atoms with Crippen LogP contribution in [-0.4, -0.2) is 50.3 Å². The standard InChI is InChI=1S/C14H28N2O/c1-2-13-3-8-16(9-4-13)10-7-15-14-5-11-17-12-6-14/h13-15H,2-12H2,1H3. The molecule has 2 aliphatic heterocycles. The first-order chi connectivity index (χ1) is 8.38. The minimum atomic E-state index is 0.705. The normalized spacial score (nSPS) is 25.2. The van der Waals surface area contributed by atoms with Crippen molar-refractivity contribution in [1.29, 1.82) is 0 Å². The molecule has 2 saturated heterocycles. The largest absolute Gasteiger partial charge is 0.381 e. The van der Waals surface area contributed by atoms with Crippen molar-refractivity contribution < 1.29 is 4.74 Å². The lowest BCUT2D eigenvalue weighted by Gasteiger charge is -2.32. The zero-order valence-electron chi connectivity index (χ0n) is 11.3. The van der Waals surface area contributed by atoms with Gasteiger partial charge in [0.2, 0.25) is 0 Å². The van der Waals surface area contributed by atoms with Gasteiger partial charge in [-0.2, -0.15) is 0 Å². The van der Waals surface area contributed by atoms with Gasteiger partial charge in [0.15, 0.2) is 0 Å². The van der Waals surface area contributed by atoms with E-state index in [1.54, 1.807) is 0 Å². The molecule has 2 fully saturated rings. The summed E-state index contributed by atoms with van der Waals surface area (Å²) in [7, 11) is 0. The summed E-state index contributed by atoms with van der Waals surface area (Å²) in [5, 5.41) is 3.67. The zero-order valence-corrected chi connectivity index (χ0v) is 11.3. The van der Waals surface area contributed by atoms with E-state index in [1.807, 2.05) is 0 Å². The number of hydrogen-bond acceptors (Lipinski definition) is 3. The average Bonchev–Trinajstić information content (AvgIpc) is 2.41. The number of rotatable bonds is 5. The molecule has 0 aromatic heterocycles. The summed E-state index contributed by atoms with van der Waals surface area (Å²) in [5.74, 6) is 0.995. The van der Waals surface area contributed by atoms with E-state index < -0.39 is 0 Å². The summed E-state index contributed by atoms with van der Waals surface area (Å²) < 4.78 is 5.37. The van der Waals surface area contributed by atoms with E-state index in [9.17, 15) is 0 Å². The number of likely N-dealkylation sites (tertiary alicyclic amines) is 1. The van der Waals surface area contributed by atoms with Crippen molar-refractivity contribution in [3.8, 4) is 0 Å². The summed E-state index contributed by atoms with van der Waals surface area (Å²) in [4.78, 5) is 2.62. The van der Waals surface area contributed by atoms with E-state index in [0.717, 1.165) is 25.7 Å². The number of hydrogen-bond donors (Lipinski definition) is 1. The molecular formula is C14H28N2O. The highest BCUT2D eigenvalue weighted by atomic mass is 16.5. The molecule has 3 heteroatoms. The molecule has 2 heterocycles. The number of nitrogens with one attached hydrogen (secondary N) is 1. The van der Waals surface area contributed by atoms with Crippen LogP contribution in [0.4, 0.5) is 0 Å². The van der Waals surface area contributed by atoms with Crippen molar-refractivity contribution in [3.63, 3.8) is 0 Å². The van der Waals surface area contributed by atoms with Crippen molar-refractivity contribution in [2.24, 2.45) is 5.92 Å². The molecule has 0 aliphatic carbocycles. The Morgan fingerprint density at radius 1 is 1.12 bits per heavy atom. The zero-order chi connectivity index (χ0) is 11.9. The summed E-state index contributed by atoms with van der Waals surface area (Å²) >= 11 is 0. The van der Waals surface area contributed by atoms with Gasteiger partial charge in [0.25, 0.3) is 0 Å². The molecule has 0 bridgehead atoms. The molecule has 0 amide bonds. The van der Waals surface area contributed by atoms with Crippen LogP contribution in [0.1, 0.15) is 39.0 Å². The van der Waals surface area contributed by atoms with E-state index in [4.69, 9.17) is 4.74 Å². The quantitative estimate of drug-likeness (QED) is 0.794. The first kappa shape index (κ1) is 13.3. The predicted molar refractivity (Wildman–Crippen MR) is 71.3 cm³/mol. The van der Waals surface area contributed by atoms with Crippen LogP contribution in [0.15, 0.2) is 0 Å². The molecule has 2 aliphatic rings. The Balaban J connectivity index is 1.53. The van der Waals surface area contributed by atoms with E-state index >= 15 is 0 Å². The minimum Gasteiger partial charge on any atom is -0.381 e. The van der Waals surface area contributed by atoms with Crippen LogP contribution < -0.4 is 5.32 Å². The molecule has 0 atom stereocenters. The fourth-order valence-electron chi connectivity index (χ4n) is 2.95. The molecule has 0 saturated carbocycles. The van der Waals surface area contributed by atoms with E-state index in [2.05, 4.69) is 17.1 Å². The van der Waals surface area contributed by atoms with Gasteiger partial charge in [-0.05, 0) is 44.7 Å². The molecule has 3 nitrogen and oxygen atoms in total. The minimum absolute atomic E-state index is 0.705. The first-order valence-electron chi connectivity index (χ1n) is 7.42. The van der Waals surface area contributed by atoms with Gasteiger partial charge in [-0.15, -0.1) is 0 Å².